The minimum atomic E-state index is -0.416. The van der Waals surface area contributed by atoms with Crippen molar-refractivity contribution in [1.82, 2.24) is 9.80 Å². The van der Waals surface area contributed by atoms with Gasteiger partial charge in [0, 0.05) is 31.6 Å². The van der Waals surface area contributed by atoms with Gasteiger partial charge in [0.25, 0.3) is 5.91 Å². The van der Waals surface area contributed by atoms with E-state index in [0.29, 0.717) is 42.7 Å². The SMILES string of the molecule is O=C(c1scc2c1OCCO2)N1CCC2(CCN(CCc3ccccc3)C2=O)C1. The predicted molar refractivity (Wildman–Crippen MR) is 110 cm³/mol. The molecule has 3 aliphatic rings. The molecule has 3 aliphatic heterocycles. The molecule has 2 saturated heterocycles. The van der Waals surface area contributed by atoms with E-state index >= 15 is 0 Å². The van der Waals surface area contributed by atoms with Crippen LogP contribution in [0.3, 0.4) is 0 Å². The molecular formula is C22H24N2O4S. The van der Waals surface area contributed by atoms with Crippen LogP contribution in [-0.4, -0.2) is 61.0 Å². The molecule has 2 fully saturated rings. The Morgan fingerprint density at radius 1 is 1.10 bits per heavy atom. The van der Waals surface area contributed by atoms with E-state index in [0.717, 1.165) is 32.4 Å². The molecule has 1 aromatic carbocycles. The third kappa shape index (κ3) is 3.27. The van der Waals surface area contributed by atoms with Gasteiger partial charge in [-0.25, -0.2) is 0 Å². The zero-order chi connectivity index (χ0) is 19.8. The lowest BCUT2D eigenvalue weighted by Crippen LogP contribution is -2.39. The van der Waals surface area contributed by atoms with Crippen LogP contribution in [0.15, 0.2) is 35.7 Å². The van der Waals surface area contributed by atoms with Gasteiger partial charge in [-0.05, 0) is 24.8 Å². The maximum absolute atomic E-state index is 13.2. The molecule has 0 radical (unpaired) electrons. The van der Waals surface area contributed by atoms with Crippen molar-refractivity contribution >= 4 is 23.2 Å². The number of fused-ring (bicyclic) bond motifs is 1. The molecule has 0 aliphatic carbocycles. The minimum Gasteiger partial charge on any atom is -0.485 e. The maximum Gasteiger partial charge on any atom is 0.267 e. The third-order valence-electron chi connectivity index (χ3n) is 6.25. The number of hydrogen-bond acceptors (Lipinski definition) is 5. The molecular weight excluding hydrogens is 388 g/mol. The van der Waals surface area contributed by atoms with E-state index in [1.165, 1.54) is 16.9 Å². The predicted octanol–water partition coefficient (Wildman–Crippen LogP) is 2.83. The number of rotatable bonds is 4. The number of likely N-dealkylation sites (tertiary alicyclic amines) is 2. The van der Waals surface area contributed by atoms with E-state index < -0.39 is 5.41 Å². The topological polar surface area (TPSA) is 59.1 Å². The van der Waals surface area contributed by atoms with E-state index in [1.54, 1.807) is 0 Å². The molecule has 1 unspecified atom stereocenters. The zero-order valence-electron chi connectivity index (χ0n) is 16.3. The van der Waals surface area contributed by atoms with E-state index in [1.807, 2.05) is 33.4 Å². The lowest BCUT2D eigenvalue weighted by molar-refractivity contribution is -0.135. The molecule has 0 bridgehead atoms. The molecule has 0 N–H and O–H groups in total. The normalized spacial score (nSPS) is 23.2. The number of hydrogen-bond donors (Lipinski definition) is 0. The fraction of sp³-hybridized carbons (Fsp3) is 0.455. The number of benzene rings is 1. The van der Waals surface area contributed by atoms with Gasteiger partial charge in [-0.3, -0.25) is 9.59 Å². The summed E-state index contributed by atoms with van der Waals surface area (Å²) >= 11 is 1.36. The van der Waals surface area contributed by atoms with Gasteiger partial charge in [-0.2, -0.15) is 0 Å². The largest absolute Gasteiger partial charge is 0.485 e. The van der Waals surface area contributed by atoms with Crippen LogP contribution in [0, 0.1) is 5.41 Å². The summed E-state index contributed by atoms with van der Waals surface area (Å²) in [6.45, 7) is 3.60. The number of amides is 2. The van der Waals surface area contributed by atoms with Crippen molar-refractivity contribution in [3.63, 3.8) is 0 Å². The smallest absolute Gasteiger partial charge is 0.267 e. The van der Waals surface area contributed by atoms with Crippen LogP contribution in [0.5, 0.6) is 11.5 Å². The van der Waals surface area contributed by atoms with Crippen molar-refractivity contribution in [2.75, 3.05) is 39.4 Å². The molecule has 2 aromatic rings. The van der Waals surface area contributed by atoms with Crippen LogP contribution in [0.2, 0.25) is 0 Å². The van der Waals surface area contributed by atoms with Crippen molar-refractivity contribution in [3.05, 3.63) is 46.2 Å². The lowest BCUT2D eigenvalue weighted by atomic mass is 9.85. The van der Waals surface area contributed by atoms with Crippen molar-refractivity contribution in [3.8, 4) is 11.5 Å². The number of carbonyl (C=O) groups is 2. The molecule has 1 spiro atoms. The summed E-state index contributed by atoms with van der Waals surface area (Å²) in [5.74, 6) is 1.38. The van der Waals surface area contributed by atoms with Gasteiger partial charge in [0.15, 0.2) is 11.5 Å². The summed E-state index contributed by atoms with van der Waals surface area (Å²) in [4.78, 5) is 30.7. The van der Waals surface area contributed by atoms with Gasteiger partial charge < -0.3 is 19.3 Å². The average molecular weight is 413 g/mol. The Kier molecular flexibility index (Phi) is 4.70. The number of ether oxygens (including phenoxy) is 2. The van der Waals surface area contributed by atoms with Crippen LogP contribution in [-0.2, 0) is 11.2 Å². The van der Waals surface area contributed by atoms with Crippen molar-refractivity contribution in [1.29, 1.82) is 0 Å². The fourth-order valence-electron chi connectivity index (χ4n) is 4.59. The molecule has 152 valence electrons. The minimum absolute atomic E-state index is 0.0471. The van der Waals surface area contributed by atoms with Crippen LogP contribution in [0.1, 0.15) is 28.1 Å². The van der Waals surface area contributed by atoms with E-state index in [2.05, 4.69) is 12.1 Å². The van der Waals surface area contributed by atoms with Crippen molar-refractivity contribution < 1.29 is 19.1 Å². The van der Waals surface area contributed by atoms with Crippen LogP contribution in [0.25, 0.3) is 0 Å². The second kappa shape index (κ2) is 7.37. The molecule has 1 aromatic heterocycles. The quantitative estimate of drug-likeness (QED) is 0.775. The Morgan fingerprint density at radius 2 is 1.90 bits per heavy atom. The van der Waals surface area contributed by atoms with Gasteiger partial charge >= 0.3 is 0 Å². The van der Waals surface area contributed by atoms with Gasteiger partial charge in [0.05, 0.1) is 5.41 Å². The van der Waals surface area contributed by atoms with Gasteiger partial charge in [0.1, 0.15) is 18.1 Å². The third-order valence-corrected chi connectivity index (χ3v) is 7.18. The summed E-state index contributed by atoms with van der Waals surface area (Å²) < 4.78 is 11.2. The average Bonchev–Trinajstić information content (AvgIpc) is 3.46. The fourth-order valence-corrected chi connectivity index (χ4v) is 5.49. The van der Waals surface area contributed by atoms with E-state index in [-0.39, 0.29) is 11.8 Å². The Labute approximate surface area is 174 Å². The summed E-state index contributed by atoms with van der Waals surface area (Å²) in [6.07, 6.45) is 2.43. The van der Waals surface area contributed by atoms with Crippen LogP contribution in [0.4, 0.5) is 0 Å². The molecule has 6 nitrogen and oxygen atoms in total. The summed E-state index contributed by atoms with van der Waals surface area (Å²) in [5, 5.41) is 1.83. The molecule has 1 atom stereocenters. The first-order chi connectivity index (χ1) is 14.2. The maximum atomic E-state index is 13.2. The Hall–Kier alpha value is -2.54. The Morgan fingerprint density at radius 3 is 2.76 bits per heavy atom. The number of nitrogens with zero attached hydrogens (tertiary/aromatic N) is 2. The first-order valence-corrected chi connectivity index (χ1v) is 11.0. The van der Waals surface area contributed by atoms with Gasteiger partial charge in [0.2, 0.25) is 5.91 Å². The first kappa shape index (κ1) is 18.5. The number of carbonyl (C=O) groups excluding carboxylic acids is 2. The van der Waals surface area contributed by atoms with Gasteiger partial charge in [-0.1, -0.05) is 30.3 Å². The van der Waals surface area contributed by atoms with Crippen LogP contribution >= 0.6 is 11.3 Å². The molecule has 4 heterocycles. The lowest BCUT2D eigenvalue weighted by Gasteiger charge is -2.24. The van der Waals surface area contributed by atoms with Crippen molar-refractivity contribution in [2.45, 2.75) is 19.3 Å². The molecule has 5 rings (SSSR count). The second-order valence-electron chi connectivity index (χ2n) is 7.99. The van der Waals surface area contributed by atoms with E-state index in [9.17, 15) is 9.59 Å². The standard InChI is InChI=1S/C22H24N2O4S/c25-20(19-18-17(14-29-19)27-12-13-28-18)24-11-8-22(15-24)7-10-23(21(22)26)9-6-16-4-2-1-3-5-16/h1-5,14H,6-13,15H2. The summed E-state index contributed by atoms with van der Waals surface area (Å²) in [5.41, 5.74) is 0.829. The van der Waals surface area contributed by atoms with Crippen molar-refractivity contribution in [2.24, 2.45) is 5.41 Å². The monoisotopic (exact) mass is 412 g/mol. The summed E-state index contributed by atoms with van der Waals surface area (Å²) in [6, 6.07) is 10.3. The van der Waals surface area contributed by atoms with Gasteiger partial charge in [-0.15, -0.1) is 11.3 Å². The second-order valence-corrected chi connectivity index (χ2v) is 8.87. The van der Waals surface area contributed by atoms with Crippen LogP contribution < -0.4 is 9.47 Å². The number of thiophene rings is 1. The Balaban J connectivity index is 1.25. The zero-order valence-corrected chi connectivity index (χ0v) is 17.1. The highest BCUT2D eigenvalue weighted by Gasteiger charge is 2.51. The molecule has 29 heavy (non-hydrogen) atoms. The van der Waals surface area contributed by atoms with E-state index in [4.69, 9.17) is 9.47 Å². The highest BCUT2D eigenvalue weighted by atomic mass is 32.1. The summed E-state index contributed by atoms with van der Waals surface area (Å²) in [7, 11) is 0. The highest BCUT2D eigenvalue weighted by Crippen LogP contribution is 2.44. The molecule has 0 saturated carbocycles. The molecule has 2 amide bonds. The molecule has 7 heteroatoms. The first-order valence-electron chi connectivity index (χ1n) is 10.2. The highest BCUT2D eigenvalue weighted by molar-refractivity contribution is 7.12. The Bertz CT molecular complexity index is 928.